The summed E-state index contributed by atoms with van der Waals surface area (Å²) in [5, 5.41) is 10.8. The van der Waals surface area contributed by atoms with Crippen molar-refractivity contribution in [1.29, 1.82) is 0 Å². The summed E-state index contributed by atoms with van der Waals surface area (Å²) in [7, 11) is 0. The quantitative estimate of drug-likeness (QED) is 0.518. The van der Waals surface area contributed by atoms with Crippen molar-refractivity contribution in [2.45, 2.75) is 13.0 Å². The van der Waals surface area contributed by atoms with Crippen molar-refractivity contribution in [1.82, 2.24) is 25.5 Å². The molecule has 2 aromatic carbocycles. The third-order valence-corrected chi connectivity index (χ3v) is 4.11. The molecule has 0 aliphatic rings. The molecule has 7 heteroatoms. The lowest BCUT2D eigenvalue weighted by molar-refractivity contribution is -0.120. The summed E-state index contributed by atoms with van der Waals surface area (Å²) >= 11 is 0. The zero-order valence-electron chi connectivity index (χ0n) is 13.8. The fourth-order valence-electron chi connectivity index (χ4n) is 2.80. The largest absolute Gasteiger partial charge is 0.361 e. The van der Waals surface area contributed by atoms with Crippen LogP contribution in [0.5, 0.6) is 0 Å². The topological polar surface area (TPSA) is 86.5 Å². The minimum atomic E-state index is -0.311. The Kier molecular flexibility index (Phi) is 4.18. The van der Waals surface area contributed by atoms with E-state index in [1.807, 2.05) is 30.5 Å². The van der Waals surface area contributed by atoms with Gasteiger partial charge >= 0.3 is 0 Å². The van der Waals surface area contributed by atoms with Crippen molar-refractivity contribution >= 4 is 16.8 Å². The second-order valence-electron chi connectivity index (χ2n) is 5.93. The number of aromatic amines is 2. The molecular weight excluding hydrogens is 333 g/mol. The molecule has 130 valence electrons. The van der Waals surface area contributed by atoms with Crippen molar-refractivity contribution in [2.75, 3.05) is 0 Å². The number of halogens is 1. The zero-order chi connectivity index (χ0) is 17.9. The van der Waals surface area contributed by atoms with Gasteiger partial charge in [0.1, 0.15) is 11.6 Å². The van der Waals surface area contributed by atoms with Crippen LogP contribution in [0.1, 0.15) is 11.4 Å². The lowest BCUT2D eigenvalue weighted by Gasteiger charge is -2.02. The second-order valence-corrected chi connectivity index (χ2v) is 5.93. The van der Waals surface area contributed by atoms with Crippen LogP contribution in [0, 0.1) is 5.82 Å². The molecule has 0 aliphatic carbocycles. The summed E-state index contributed by atoms with van der Waals surface area (Å²) in [5.74, 6) is 0.589. The second kappa shape index (κ2) is 6.79. The molecule has 1 amide bonds. The summed E-state index contributed by atoms with van der Waals surface area (Å²) in [5.41, 5.74) is 2.66. The highest BCUT2D eigenvalue weighted by atomic mass is 19.1. The molecule has 0 spiro atoms. The third-order valence-electron chi connectivity index (χ3n) is 4.11. The molecule has 2 aromatic heterocycles. The van der Waals surface area contributed by atoms with Crippen molar-refractivity contribution in [3.8, 4) is 11.4 Å². The Bertz CT molecular complexity index is 1050. The molecule has 4 aromatic rings. The molecular formula is C19H16FN5O. The van der Waals surface area contributed by atoms with Gasteiger partial charge in [0.25, 0.3) is 0 Å². The molecule has 0 bridgehead atoms. The van der Waals surface area contributed by atoms with Crippen LogP contribution in [0.2, 0.25) is 0 Å². The molecule has 4 rings (SSSR count). The lowest BCUT2D eigenvalue weighted by Crippen LogP contribution is -2.25. The number of aromatic nitrogens is 4. The van der Waals surface area contributed by atoms with Gasteiger partial charge in [-0.15, -0.1) is 0 Å². The van der Waals surface area contributed by atoms with Gasteiger partial charge in [0.05, 0.1) is 13.0 Å². The molecule has 26 heavy (non-hydrogen) atoms. The van der Waals surface area contributed by atoms with Gasteiger partial charge < -0.3 is 10.3 Å². The van der Waals surface area contributed by atoms with Crippen molar-refractivity contribution in [3.63, 3.8) is 0 Å². The number of carbonyl (C=O) groups is 1. The number of nitrogens with one attached hydrogen (secondary N) is 3. The number of nitrogens with zero attached hydrogens (tertiary/aromatic N) is 2. The Morgan fingerprint density at radius 2 is 1.92 bits per heavy atom. The monoisotopic (exact) mass is 349 g/mol. The first-order valence-corrected chi connectivity index (χ1v) is 8.18. The predicted molar refractivity (Wildman–Crippen MR) is 95.6 cm³/mol. The van der Waals surface area contributed by atoms with Gasteiger partial charge in [0.15, 0.2) is 5.82 Å². The summed E-state index contributed by atoms with van der Waals surface area (Å²) < 4.78 is 13.0. The smallest absolute Gasteiger partial charge is 0.224 e. The van der Waals surface area contributed by atoms with Crippen LogP contribution in [0.4, 0.5) is 4.39 Å². The number of para-hydroxylation sites is 1. The van der Waals surface area contributed by atoms with Crippen LogP contribution >= 0.6 is 0 Å². The van der Waals surface area contributed by atoms with Gasteiger partial charge in [0, 0.05) is 22.7 Å². The van der Waals surface area contributed by atoms with E-state index in [9.17, 15) is 9.18 Å². The molecule has 0 atom stereocenters. The van der Waals surface area contributed by atoms with Crippen LogP contribution in [-0.2, 0) is 17.8 Å². The molecule has 6 nitrogen and oxygen atoms in total. The molecule has 2 heterocycles. The number of amides is 1. The number of carbonyl (C=O) groups excluding carboxylic acids is 1. The Hall–Kier alpha value is -3.48. The molecule has 0 fully saturated rings. The van der Waals surface area contributed by atoms with Gasteiger partial charge in [-0.3, -0.25) is 9.89 Å². The maximum atomic E-state index is 13.0. The Labute approximate surface area is 148 Å². The maximum Gasteiger partial charge on any atom is 0.224 e. The number of rotatable bonds is 5. The first kappa shape index (κ1) is 16.0. The standard InChI is InChI=1S/C19H16FN5O/c20-14-7-5-12(6-8-14)19-23-17(24-25-19)11-22-18(26)9-13-10-21-16-4-2-1-3-15(13)16/h1-8,10,21H,9,11H2,(H,22,26)(H,23,24,25). The van der Waals surface area contributed by atoms with Crippen molar-refractivity contribution < 1.29 is 9.18 Å². The van der Waals surface area contributed by atoms with E-state index in [1.54, 1.807) is 12.1 Å². The van der Waals surface area contributed by atoms with E-state index in [0.717, 1.165) is 16.5 Å². The van der Waals surface area contributed by atoms with Gasteiger partial charge in [-0.2, -0.15) is 5.10 Å². The number of benzene rings is 2. The van der Waals surface area contributed by atoms with E-state index >= 15 is 0 Å². The zero-order valence-corrected chi connectivity index (χ0v) is 13.8. The van der Waals surface area contributed by atoms with E-state index in [1.165, 1.54) is 12.1 Å². The van der Waals surface area contributed by atoms with E-state index in [0.29, 0.717) is 17.2 Å². The van der Waals surface area contributed by atoms with E-state index in [-0.39, 0.29) is 24.7 Å². The minimum Gasteiger partial charge on any atom is -0.361 e. The molecule has 0 radical (unpaired) electrons. The van der Waals surface area contributed by atoms with E-state index in [2.05, 4.69) is 25.5 Å². The minimum absolute atomic E-state index is 0.102. The number of hydrogen-bond donors (Lipinski definition) is 3. The Morgan fingerprint density at radius 1 is 1.12 bits per heavy atom. The van der Waals surface area contributed by atoms with Crippen LogP contribution in [0.15, 0.2) is 54.7 Å². The summed E-state index contributed by atoms with van der Waals surface area (Å²) in [6.07, 6.45) is 2.13. The van der Waals surface area contributed by atoms with Crippen molar-refractivity contribution in [3.05, 3.63) is 71.9 Å². The summed E-state index contributed by atoms with van der Waals surface area (Å²) in [6.45, 7) is 0.245. The molecule has 0 saturated carbocycles. The molecule has 0 unspecified atom stereocenters. The summed E-state index contributed by atoms with van der Waals surface area (Å²) in [4.78, 5) is 19.7. The third kappa shape index (κ3) is 3.32. The fourth-order valence-corrected chi connectivity index (χ4v) is 2.80. The highest BCUT2D eigenvalue weighted by molar-refractivity contribution is 5.88. The number of hydrogen-bond acceptors (Lipinski definition) is 3. The highest BCUT2D eigenvalue weighted by Gasteiger charge is 2.10. The fraction of sp³-hybridized carbons (Fsp3) is 0.105. The predicted octanol–water partition coefficient (Wildman–Crippen LogP) is 2.95. The van der Waals surface area contributed by atoms with E-state index < -0.39 is 0 Å². The summed E-state index contributed by atoms with van der Waals surface area (Å²) in [6, 6.07) is 13.8. The van der Waals surface area contributed by atoms with Crippen LogP contribution in [0.25, 0.3) is 22.3 Å². The van der Waals surface area contributed by atoms with Crippen LogP contribution < -0.4 is 5.32 Å². The Balaban J connectivity index is 1.38. The van der Waals surface area contributed by atoms with Crippen LogP contribution in [0.3, 0.4) is 0 Å². The van der Waals surface area contributed by atoms with Crippen LogP contribution in [-0.4, -0.2) is 26.1 Å². The first-order chi connectivity index (χ1) is 12.7. The Morgan fingerprint density at radius 3 is 2.77 bits per heavy atom. The molecule has 0 saturated heterocycles. The average Bonchev–Trinajstić information content (AvgIpc) is 3.28. The lowest BCUT2D eigenvalue weighted by atomic mass is 10.1. The van der Waals surface area contributed by atoms with E-state index in [4.69, 9.17) is 0 Å². The number of fused-ring (bicyclic) bond motifs is 1. The average molecular weight is 349 g/mol. The van der Waals surface area contributed by atoms with Gasteiger partial charge in [0.2, 0.25) is 5.91 Å². The highest BCUT2D eigenvalue weighted by Crippen LogP contribution is 2.18. The SMILES string of the molecule is O=C(Cc1c[nH]c2ccccc12)NCc1nc(-c2ccc(F)cc2)n[nH]1. The normalized spacial score (nSPS) is 11.0. The number of H-pyrrole nitrogens is 2. The molecule has 3 N–H and O–H groups in total. The first-order valence-electron chi connectivity index (χ1n) is 8.18. The maximum absolute atomic E-state index is 13.0. The van der Waals surface area contributed by atoms with Gasteiger partial charge in [-0.05, 0) is 35.9 Å². The van der Waals surface area contributed by atoms with Crippen molar-refractivity contribution in [2.24, 2.45) is 0 Å². The molecule has 0 aliphatic heterocycles. The van der Waals surface area contributed by atoms with Gasteiger partial charge in [-0.1, -0.05) is 18.2 Å². The van der Waals surface area contributed by atoms with Gasteiger partial charge in [-0.25, -0.2) is 9.37 Å².